The molecule has 0 bridgehead atoms. The first kappa shape index (κ1) is 17.1. The Kier molecular flexibility index (Phi) is 5.46. The van der Waals surface area contributed by atoms with Crippen molar-refractivity contribution in [1.29, 1.82) is 0 Å². The van der Waals surface area contributed by atoms with Crippen molar-refractivity contribution in [3.8, 4) is 11.5 Å². The van der Waals surface area contributed by atoms with Crippen LogP contribution in [0, 0.1) is 17.5 Å². The van der Waals surface area contributed by atoms with Crippen molar-refractivity contribution >= 4 is 0 Å². The van der Waals surface area contributed by atoms with Crippen molar-refractivity contribution in [2.45, 2.75) is 12.6 Å². The van der Waals surface area contributed by atoms with Gasteiger partial charge in [-0.05, 0) is 35.4 Å². The van der Waals surface area contributed by atoms with Crippen LogP contribution in [0.15, 0.2) is 30.3 Å². The van der Waals surface area contributed by atoms with Crippen LogP contribution in [0.4, 0.5) is 13.2 Å². The number of benzene rings is 2. The molecule has 1 atom stereocenters. The third kappa shape index (κ3) is 3.94. The fourth-order valence-corrected chi connectivity index (χ4v) is 2.15. The van der Waals surface area contributed by atoms with E-state index >= 15 is 0 Å². The van der Waals surface area contributed by atoms with E-state index in [0.29, 0.717) is 11.3 Å². The van der Waals surface area contributed by atoms with Gasteiger partial charge in [-0.1, -0.05) is 6.07 Å². The van der Waals surface area contributed by atoms with Crippen LogP contribution in [0.1, 0.15) is 17.2 Å². The largest absolute Gasteiger partial charge is 0.504 e. The van der Waals surface area contributed by atoms with Gasteiger partial charge in [0.1, 0.15) is 0 Å². The van der Waals surface area contributed by atoms with E-state index in [4.69, 9.17) is 4.74 Å². The number of methoxy groups -OCH3 is 1. The van der Waals surface area contributed by atoms with Crippen molar-refractivity contribution < 1.29 is 28.1 Å². The average Bonchev–Trinajstić information content (AvgIpc) is 2.53. The quantitative estimate of drug-likeness (QED) is 0.714. The Morgan fingerprint density at radius 3 is 2.30 bits per heavy atom. The van der Waals surface area contributed by atoms with Crippen molar-refractivity contribution in [2.24, 2.45) is 0 Å². The summed E-state index contributed by atoms with van der Waals surface area (Å²) in [5.74, 6) is -3.92. The number of rotatable bonds is 6. The summed E-state index contributed by atoms with van der Waals surface area (Å²) < 4.78 is 44.4. The zero-order valence-electron chi connectivity index (χ0n) is 12.3. The maximum absolute atomic E-state index is 13.3. The molecule has 0 amide bonds. The van der Waals surface area contributed by atoms with Crippen LogP contribution in [-0.4, -0.2) is 23.9 Å². The fourth-order valence-electron chi connectivity index (χ4n) is 2.15. The van der Waals surface area contributed by atoms with Crippen LogP contribution in [0.2, 0.25) is 0 Å². The molecule has 2 aromatic rings. The van der Waals surface area contributed by atoms with Crippen LogP contribution in [0.5, 0.6) is 11.5 Å². The number of halogens is 3. The van der Waals surface area contributed by atoms with E-state index < -0.39 is 30.1 Å². The summed E-state index contributed by atoms with van der Waals surface area (Å²) in [4.78, 5) is 0. The second-order valence-electron chi connectivity index (χ2n) is 4.92. The zero-order chi connectivity index (χ0) is 17.0. The summed E-state index contributed by atoms with van der Waals surface area (Å²) in [6.07, 6.45) is 0. The molecule has 7 heteroatoms. The van der Waals surface area contributed by atoms with E-state index in [1.54, 1.807) is 12.1 Å². The Hall–Kier alpha value is -2.25. The lowest BCUT2D eigenvalue weighted by Gasteiger charge is -2.17. The molecule has 2 rings (SSSR count). The Labute approximate surface area is 131 Å². The van der Waals surface area contributed by atoms with E-state index in [1.165, 1.54) is 13.2 Å². The first-order chi connectivity index (χ1) is 11.0. The van der Waals surface area contributed by atoms with E-state index in [0.717, 1.165) is 12.1 Å². The van der Waals surface area contributed by atoms with Crippen LogP contribution in [0.25, 0.3) is 0 Å². The molecule has 23 heavy (non-hydrogen) atoms. The van der Waals surface area contributed by atoms with Gasteiger partial charge in [0, 0.05) is 6.54 Å². The fraction of sp³-hybridized carbons (Fsp3) is 0.250. The Bertz CT molecular complexity index is 671. The summed E-state index contributed by atoms with van der Waals surface area (Å²) in [5, 5.41) is 21.9. The third-order valence-electron chi connectivity index (χ3n) is 3.39. The van der Waals surface area contributed by atoms with Gasteiger partial charge in [0.25, 0.3) is 0 Å². The minimum Gasteiger partial charge on any atom is -0.504 e. The standard InChI is InChI=1S/C16H16F3NO3/c1-23-15-3-2-9(4-14(15)22)7-20-13(8-21)10-5-11(17)16(19)12(18)6-10/h2-6,13,20-22H,7-8H2,1H3. The van der Waals surface area contributed by atoms with Gasteiger partial charge in [0.15, 0.2) is 29.0 Å². The number of hydrogen-bond donors (Lipinski definition) is 3. The molecule has 0 aromatic heterocycles. The SMILES string of the molecule is COc1ccc(CNC(CO)c2cc(F)c(F)c(F)c2)cc1O. The maximum Gasteiger partial charge on any atom is 0.194 e. The molecule has 0 radical (unpaired) electrons. The smallest absolute Gasteiger partial charge is 0.194 e. The third-order valence-corrected chi connectivity index (χ3v) is 3.39. The molecule has 0 saturated carbocycles. The highest BCUT2D eigenvalue weighted by Crippen LogP contribution is 2.26. The van der Waals surface area contributed by atoms with Crippen molar-refractivity contribution in [3.63, 3.8) is 0 Å². The molecule has 0 aliphatic heterocycles. The molecule has 0 saturated heterocycles. The van der Waals surface area contributed by atoms with E-state index in [2.05, 4.69) is 5.32 Å². The molecule has 0 fully saturated rings. The molecule has 1 unspecified atom stereocenters. The number of nitrogens with one attached hydrogen (secondary N) is 1. The number of phenolic OH excluding ortho intramolecular Hbond substituents is 1. The number of aliphatic hydroxyl groups is 1. The lowest BCUT2D eigenvalue weighted by molar-refractivity contribution is 0.242. The summed E-state index contributed by atoms with van der Waals surface area (Å²) in [6, 6.07) is 5.59. The highest BCUT2D eigenvalue weighted by atomic mass is 19.2. The van der Waals surface area contributed by atoms with Crippen molar-refractivity contribution in [2.75, 3.05) is 13.7 Å². The number of phenols is 1. The van der Waals surface area contributed by atoms with E-state index in [-0.39, 0.29) is 17.9 Å². The second-order valence-corrected chi connectivity index (χ2v) is 4.92. The average molecular weight is 327 g/mol. The summed E-state index contributed by atoms with van der Waals surface area (Å²) in [5.41, 5.74) is 0.756. The van der Waals surface area contributed by atoms with Crippen LogP contribution in [0.3, 0.4) is 0 Å². The van der Waals surface area contributed by atoms with Crippen LogP contribution in [-0.2, 0) is 6.54 Å². The predicted molar refractivity (Wildman–Crippen MR) is 77.6 cm³/mol. The van der Waals surface area contributed by atoms with Crippen LogP contribution >= 0.6 is 0 Å². The number of hydrogen-bond acceptors (Lipinski definition) is 4. The minimum atomic E-state index is -1.55. The van der Waals surface area contributed by atoms with Gasteiger partial charge < -0.3 is 20.3 Å². The maximum atomic E-state index is 13.3. The van der Waals surface area contributed by atoms with Gasteiger partial charge in [0.2, 0.25) is 0 Å². The Morgan fingerprint density at radius 1 is 1.13 bits per heavy atom. The molecule has 0 aliphatic rings. The molecule has 0 heterocycles. The normalized spacial score (nSPS) is 12.2. The predicted octanol–water partition coefficient (Wildman–Crippen LogP) is 2.64. The lowest BCUT2D eigenvalue weighted by Crippen LogP contribution is -2.24. The Morgan fingerprint density at radius 2 is 1.78 bits per heavy atom. The van der Waals surface area contributed by atoms with Gasteiger partial charge in [0.05, 0.1) is 19.8 Å². The molecule has 2 aromatic carbocycles. The molecule has 0 aliphatic carbocycles. The summed E-state index contributed by atoms with van der Waals surface area (Å²) >= 11 is 0. The monoisotopic (exact) mass is 327 g/mol. The number of aliphatic hydroxyl groups excluding tert-OH is 1. The highest BCUT2D eigenvalue weighted by molar-refractivity contribution is 5.41. The minimum absolute atomic E-state index is 0.0498. The van der Waals surface area contributed by atoms with Crippen molar-refractivity contribution in [1.82, 2.24) is 5.32 Å². The summed E-state index contributed by atoms with van der Waals surface area (Å²) in [7, 11) is 1.42. The molecule has 124 valence electrons. The van der Waals surface area contributed by atoms with Gasteiger partial charge in [-0.25, -0.2) is 13.2 Å². The van der Waals surface area contributed by atoms with Crippen molar-refractivity contribution in [3.05, 3.63) is 58.9 Å². The highest BCUT2D eigenvalue weighted by Gasteiger charge is 2.17. The first-order valence-corrected chi connectivity index (χ1v) is 6.80. The Balaban J connectivity index is 2.12. The van der Waals surface area contributed by atoms with Gasteiger partial charge >= 0.3 is 0 Å². The van der Waals surface area contributed by atoms with Gasteiger partial charge in [-0.2, -0.15) is 0 Å². The van der Waals surface area contributed by atoms with Crippen LogP contribution < -0.4 is 10.1 Å². The number of ether oxygens (including phenoxy) is 1. The molecular weight excluding hydrogens is 311 g/mol. The topological polar surface area (TPSA) is 61.7 Å². The van der Waals surface area contributed by atoms with E-state index in [9.17, 15) is 23.4 Å². The van der Waals surface area contributed by atoms with Gasteiger partial charge in [-0.15, -0.1) is 0 Å². The summed E-state index contributed by atoms with van der Waals surface area (Å²) in [6.45, 7) is -0.226. The first-order valence-electron chi connectivity index (χ1n) is 6.80. The number of aromatic hydroxyl groups is 1. The van der Waals surface area contributed by atoms with E-state index in [1.807, 2.05) is 0 Å². The lowest BCUT2D eigenvalue weighted by atomic mass is 10.1. The molecule has 4 nitrogen and oxygen atoms in total. The molecule has 3 N–H and O–H groups in total. The second kappa shape index (κ2) is 7.34. The zero-order valence-corrected chi connectivity index (χ0v) is 12.3. The van der Waals surface area contributed by atoms with Gasteiger partial charge in [-0.3, -0.25) is 0 Å². The molecular formula is C16H16F3NO3. The molecule has 0 spiro atoms.